The summed E-state index contributed by atoms with van der Waals surface area (Å²) < 4.78 is 1.96. The predicted molar refractivity (Wildman–Crippen MR) is 83.6 cm³/mol. The molecule has 5 nitrogen and oxygen atoms in total. The van der Waals surface area contributed by atoms with Gasteiger partial charge in [0.1, 0.15) is 0 Å². The van der Waals surface area contributed by atoms with Gasteiger partial charge in [-0.1, -0.05) is 35.9 Å². The Morgan fingerprint density at radius 2 is 2.05 bits per heavy atom. The summed E-state index contributed by atoms with van der Waals surface area (Å²) in [6, 6.07) is 15.1. The van der Waals surface area contributed by atoms with Gasteiger partial charge < -0.3 is 4.90 Å². The molecule has 0 bridgehead atoms. The quantitative estimate of drug-likeness (QED) is 0.638. The zero-order valence-corrected chi connectivity index (χ0v) is 12.3. The highest BCUT2D eigenvalue weighted by Gasteiger charge is 2.37. The number of hydrogen-bond donors (Lipinski definition) is 0. The topological polar surface area (TPSA) is 46.8 Å². The number of para-hydroxylation sites is 1. The van der Waals surface area contributed by atoms with Crippen molar-refractivity contribution in [1.29, 1.82) is 0 Å². The van der Waals surface area contributed by atoms with Crippen molar-refractivity contribution in [3.8, 4) is 11.4 Å². The van der Waals surface area contributed by atoms with E-state index >= 15 is 0 Å². The Hall–Kier alpha value is -2.69. The third-order valence-electron chi connectivity index (χ3n) is 4.68. The maximum Gasteiger partial charge on any atom is 0.186 e. The number of nitrogens with zero attached hydrogens (tertiary/aromatic N) is 5. The van der Waals surface area contributed by atoms with E-state index in [9.17, 15) is 0 Å². The molecule has 0 amide bonds. The van der Waals surface area contributed by atoms with Crippen LogP contribution in [-0.2, 0) is 6.42 Å². The van der Waals surface area contributed by atoms with E-state index in [-0.39, 0.29) is 6.17 Å². The molecular formula is C17H15N5. The minimum atomic E-state index is 0.0588. The molecular weight excluding hydrogens is 274 g/mol. The zero-order chi connectivity index (χ0) is 14.7. The van der Waals surface area contributed by atoms with Crippen LogP contribution in [0.3, 0.4) is 0 Å². The van der Waals surface area contributed by atoms with E-state index in [1.165, 1.54) is 22.4 Å². The third-order valence-corrected chi connectivity index (χ3v) is 4.68. The molecule has 1 aromatic heterocycles. The van der Waals surface area contributed by atoms with Gasteiger partial charge in [-0.25, -0.2) is 0 Å². The Morgan fingerprint density at radius 3 is 3.00 bits per heavy atom. The molecule has 22 heavy (non-hydrogen) atoms. The van der Waals surface area contributed by atoms with Gasteiger partial charge in [0.2, 0.25) is 0 Å². The van der Waals surface area contributed by atoms with Crippen molar-refractivity contribution in [2.24, 2.45) is 0 Å². The van der Waals surface area contributed by atoms with Gasteiger partial charge in [-0.3, -0.25) is 0 Å². The molecule has 3 heterocycles. The summed E-state index contributed by atoms with van der Waals surface area (Å²) in [5.74, 6) is 0.853. The maximum absolute atomic E-state index is 4.28. The van der Waals surface area contributed by atoms with Crippen molar-refractivity contribution in [3.05, 3.63) is 59.2 Å². The Bertz CT molecular complexity index is 882. The van der Waals surface area contributed by atoms with Gasteiger partial charge in [-0.05, 0) is 41.5 Å². The molecule has 108 valence electrons. The van der Waals surface area contributed by atoms with Crippen LogP contribution in [0.5, 0.6) is 0 Å². The fraction of sp³-hybridized carbons (Fsp3) is 0.235. The van der Waals surface area contributed by atoms with E-state index in [1.54, 1.807) is 0 Å². The molecule has 3 aromatic rings. The minimum Gasteiger partial charge on any atom is -0.345 e. The van der Waals surface area contributed by atoms with E-state index in [0.29, 0.717) is 0 Å². The van der Waals surface area contributed by atoms with Gasteiger partial charge in [0.05, 0.1) is 0 Å². The van der Waals surface area contributed by atoms with Crippen LogP contribution in [0.25, 0.3) is 11.4 Å². The first-order valence-corrected chi connectivity index (χ1v) is 7.56. The average Bonchev–Trinajstić information content (AvgIpc) is 3.04. The van der Waals surface area contributed by atoms with Crippen LogP contribution in [0.15, 0.2) is 42.5 Å². The molecule has 0 aliphatic carbocycles. The SMILES string of the molecule is Cc1ccc2c(c1)C1N(CC2)c2ccccc2-c2nnnn21. The van der Waals surface area contributed by atoms with Gasteiger partial charge in [0.25, 0.3) is 0 Å². The van der Waals surface area contributed by atoms with Crippen molar-refractivity contribution in [2.45, 2.75) is 19.5 Å². The number of benzene rings is 2. The average molecular weight is 289 g/mol. The van der Waals surface area contributed by atoms with Gasteiger partial charge >= 0.3 is 0 Å². The number of rotatable bonds is 0. The molecule has 0 saturated carbocycles. The van der Waals surface area contributed by atoms with Crippen molar-refractivity contribution in [2.75, 3.05) is 11.4 Å². The molecule has 1 atom stereocenters. The third kappa shape index (κ3) is 1.45. The largest absolute Gasteiger partial charge is 0.345 e. The smallest absolute Gasteiger partial charge is 0.186 e. The number of fused-ring (bicyclic) bond motifs is 8. The molecule has 0 radical (unpaired) electrons. The van der Waals surface area contributed by atoms with Crippen LogP contribution >= 0.6 is 0 Å². The first-order valence-electron chi connectivity index (χ1n) is 7.56. The predicted octanol–water partition coefficient (Wildman–Crippen LogP) is 2.57. The van der Waals surface area contributed by atoms with E-state index in [4.69, 9.17) is 0 Å². The zero-order valence-electron chi connectivity index (χ0n) is 12.3. The number of tetrazole rings is 1. The van der Waals surface area contributed by atoms with Crippen molar-refractivity contribution >= 4 is 5.69 Å². The first kappa shape index (κ1) is 11.9. The summed E-state index contributed by atoms with van der Waals surface area (Å²) in [6.45, 7) is 3.12. The van der Waals surface area contributed by atoms with Crippen LogP contribution in [-0.4, -0.2) is 26.8 Å². The lowest BCUT2D eigenvalue weighted by Crippen LogP contribution is -2.42. The van der Waals surface area contributed by atoms with Crippen LogP contribution < -0.4 is 4.90 Å². The molecule has 2 aliphatic rings. The van der Waals surface area contributed by atoms with Gasteiger partial charge in [-0.15, -0.1) is 5.10 Å². The summed E-state index contributed by atoms with van der Waals surface area (Å²) in [4.78, 5) is 2.42. The molecule has 2 aliphatic heterocycles. The van der Waals surface area contributed by atoms with Crippen LogP contribution in [0.2, 0.25) is 0 Å². The monoisotopic (exact) mass is 289 g/mol. The van der Waals surface area contributed by atoms with Crippen LogP contribution in [0.4, 0.5) is 5.69 Å². The highest BCUT2D eigenvalue weighted by Crippen LogP contribution is 2.44. The normalized spacial score (nSPS) is 18.2. The standard InChI is InChI=1S/C17H15N5/c1-11-6-7-12-8-9-21-15-5-3-2-4-13(15)16-18-19-20-22(16)17(21)14(12)10-11/h2-7,10,17H,8-9H2,1H3. The highest BCUT2D eigenvalue weighted by atomic mass is 15.6. The van der Waals surface area contributed by atoms with E-state index in [2.05, 4.69) is 63.7 Å². The Balaban J connectivity index is 1.81. The first-order chi connectivity index (χ1) is 10.8. The number of anilines is 1. The Morgan fingerprint density at radius 1 is 1.14 bits per heavy atom. The summed E-state index contributed by atoms with van der Waals surface area (Å²) in [5.41, 5.74) is 6.32. The lowest BCUT2D eigenvalue weighted by Gasteiger charge is -2.42. The molecule has 0 fully saturated rings. The van der Waals surface area contributed by atoms with E-state index in [0.717, 1.165) is 24.4 Å². The van der Waals surface area contributed by atoms with Crippen LogP contribution in [0, 0.1) is 6.92 Å². The number of hydrogen-bond acceptors (Lipinski definition) is 4. The molecule has 5 heteroatoms. The summed E-state index contributed by atoms with van der Waals surface area (Å²) in [5, 5.41) is 12.5. The summed E-state index contributed by atoms with van der Waals surface area (Å²) in [7, 11) is 0. The second-order valence-electron chi connectivity index (χ2n) is 5.98. The molecule has 2 aromatic carbocycles. The van der Waals surface area contributed by atoms with E-state index in [1.807, 2.05) is 10.7 Å². The molecule has 0 spiro atoms. The maximum atomic E-state index is 4.28. The van der Waals surface area contributed by atoms with Crippen LogP contribution in [0.1, 0.15) is 22.9 Å². The highest BCUT2D eigenvalue weighted by molar-refractivity contribution is 5.77. The lowest BCUT2D eigenvalue weighted by atomic mass is 9.92. The second kappa shape index (κ2) is 4.16. The lowest BCUT2D eigenvalue weighted by molar-refractivity contribution is 0.454. The minimum absolute atomic E-state index is 0.0588. The fourth-order valence-electron chi connectivity index (χ4n) is 3.68. The van der Waals surface area contributed by atoms with Gasteiger partial charge in [0.15, 0.2) is 12.0 Å². The Kier molecular flexibility index (Phi) is 2.25. The summed E-state index contributed by atoms with van der Waals surface area (Å²) in [6.07, 6.45) is 1.11. The molecule has 0 N–H and O–H groups in total. The van der Waals surface area contributed by atoms with Crippen molar-refractivity contribution in [3.63, 3.8) is 0 Å². The van der Waals surface area contributed by atoms with E-state index < -0.39 is 0 Å². The van der Waals surface area contributed by atoms with Crippen molar-refractivity contribution in [1.82, 2.24) is 20.2 Å². The molecule has 0 saturated heterocycles. The fourth-order valence-corrected chi connectivity index (χ4v) is 3.68. The summed E-state index contributed by atoms with van der Waals surface area (Å²) >= 11 is 0. The number of aromatic nitrogens is 4. The molecule has 5 rings (SSSR count). The van der Waals surface area contributed by atoms with Gasteiger partial charge in [-0.2, -0.15) is 4.68 Å². The number of aryl methyl sites for hydroxylation is 1. The Labute approximate surface area is 128 Å². The molecule has 1 unspecified atom stereocenters. The van der Waals surface area contributed by atoms with Gasteiger partial charge in [0, 0.05) is 23.4 Å². The van der Waals surface area contributed by atoms with Crippen molar-refractivity contribution < 1.29 is 0 Å². The second-order valence-corrected chi connectivity index (χ2v) is 5.98.